The molecule has 1 aliphatic heterocycles. The van der Waals surface area contributed by atoms with Crippen LogP contribution in [-0.2, 0) is 14.3 Å². The third kappa shape index (κ3) is 7.32. The highest BCUT2D eigenvalue weighted by atomic mass is 19.1. The molecule has 1 aromatic heterocycles. The second-order valence-corrected chi connectivity index (χ2v) is 11.7. The average molecular weight is 665 g/mol. The Kier molecular flexibility index (Phi) is 9.97. The van der Waals surface area contributed by atoms with Crippen LogP contribution in [0.5, 0.6) is 23.0 Å². The Morgan fingerprint density at radius 3 is 2.29 bits per heavy atom. The summed E-state index contributed by atoms with van der Waals surface area (Å²) in [4.78, 5) is 32.7. The van der Waals surface area contributed by atoms with Crippen molar-refractivity contribution in [3.8, 4) is 23.0 Å². The van der Waals surface area contributed by atoms with Crippen LogP contribution in [0.15, 0.2) is 66.9 Å². The standard InChI is InChI=1S/C35H35F3N4O6/c1-45-31-18-26-28(19-32(31)47-21-23(37)20-42-13-15-46-16-14-42)39-12-9-29(26)48-30-8-7-25(17-27(30)38)41-34(44)35(10-2-11-35)33(43)40-24-5-3-22(36)4-6-24/h3-9,12,17-19,23H,2,10-11,13-16,20-21H2,1H3,(H,40,43)(H,41,44). The van der Waals surface area contributed by atoms with E-state index >= 15 is 4.39 Å². The van der Waals surface area contributed by atoms with Gasteiger partial charge in [-0.1, -0.05) is 6.42 Å². The van der Waals surface area contributed by atoms with E-state index in [0.717, 1.165) is 6.07 Å². The Morgan fingerprint density at radius 1 is 0.917 bits per heavy atom. The number of amides is 2. The summed E-state index contributed by atoms with van der Waals surface area (Å²) in [6, 6.07) is 14.0. The molecule has 2 aliphatic rings. The van der Waals surface area contributed by atoms with E-state index in [4.69, 9.17) is 18.9 Å². The third-order valence-corrected chi connectivity index (χ3v) is 8.55. The zero-order valence-corrected chi connectivity index (χ0v) is 26.3. The van der Waals surface area contributed by atoms with Gasteiger partial charge in [0.25, 0.3) is 0 Å². The lowest BCUT2D eigenvalue weighted by atomic mass is 9.67. The molecule has 13 heteroatoms. The number of rotatable bonds is 12. The zero-order chi connectivity index (χ0) is 33.7. The number of alkyl halides is 1. The fraction of sp³-hybridized carbons (Fsp3) is 0.343. The monoisotopic (exact) mass is 664 g/mol. The van der Waals surface area contributed by atoms with Crippen molar-refractivity contribution < 1.29 is 41.7 Å². The zero-order valence-electron chi connectivity index (χ0n) is 26.3. The van der Waals surface area contributed by atoms with E-state index < -0.39 is 35.0 Å². The number of ether oxygens (including phenoxy) is 4. The van der Waals surface area contributed by atoms with Crippen LogP contribution in [0.4, 0.5) is 24.5 Å². The number of anilines is 2. The van der Waals surface area contributed by atoms with Gasteiger partial charge in [-0.15, -0.1) is 0 Å². The molecule has 0 radical (unpaired) electrons. The molecule has 1 aliphatic carbocycles. The van der Waals surface area contributed by atoms with Crippen LogP contribution in [0.25, 0.3) is 10.9 Å². The van der Waals surface area contributed by atoms with E-state index in [1.807, 2.05) is 4.90 Å². The van der Waals surface area contributed by atoms with Gasteiger partial charge in [0.2, 0.25) is 11.8 Å². The smallest absolute Gasteiger partial charge is 0.240 e. The SMILES string of the molecule is COc1cc2c(Oc3ccc(NC(=O)C4(C(=O)Nc5ccc(F)cc5)CCC4)cc3F)ccnc2cc1OCC(F)CN1CCOCC1. The predicted octanol–water partition coefficient (Wildman–Crippen LogP) is 6.11. The van der Waals surface area contributed by atoms with E-state index in [9.17, 15) is 18.4 Å². The molecule has 6 rings (SSSR count). The maximum Gasteiger partial charge on any atom is 0.240 e. The lowest BCUT2D eigenvalue weighted by Gasteiger charge is -2.38. The molecule has 2 fully saturated rings. The van der Waals surface area contributed by atoms with Crippen LogP contribution >= 0.6 is 0 Å². The van der Waals surface area contributed by atoms with Gasteiger partial charge in [0.05, 0.1) is 25.8 Å². The van der Waals surface area contributed by atoms with Crippen molar-refractivity contribution in [1.82, 2.24) is 9.88 Å². The van der Waals surface area contributed by atoms with Gasteiger partial charge in [0.1, 0.15) is 29.8 Å². The number of pyridine rings is 1. The number of fused-ring (bicyclic) bond motifs is 1. The van der Waals surface area contributed by atoms with Gasteiger partial charge in [-0.05, 0) is 61.4 Å². The highest BCUT2D eigenvalue weighted by Gasteiger charge is 2.51. The minimum Gasteiger partial charge on any atom is -0.493 e. The number of benzene rings is 3. The number of carbonyl (C=O) groups is 2. The van der Waals surface area contributed by atoms with Crippen LogP contribution in [0.2, 0.25) is 0 Å². The largest absolute Gasteiger partial charge is 0.493 e. The molecule has 252 valence electrons. The van der Waals surface area contributed by atoms with E-state index in [1.54, 1.807) is 18.2 Å². The van der Waals surface area contributed by atoms with Crippen molar-refractivity contribution in [1.29, 1.82) is 0 Å². The summed E-state index contributed by atoms with van der Waals surface area (Å²) in [5.41, 5.74) is -0.355. The highest BCUT2D eigenvalue weighted by Crippen LogP contribution is 2.43. The van der Waals surface area contributed by atoms with Gasteiger partial charge in [-0.2, -0.15) is 0 Å². The van der Waals surface area contributed by atoms with Gasteiger partial charge in [-0.3, -0.25) is 19.5 Å². The van der Waals surface area contributed by atoms with E-state index in [1.165, 1.54) is 49.7 Å². The molecule has 2 N–H and O–H groups in total. The number of aromatic nitrogens is 1. The molecule has 1 saturated heterocycles. The summed E-state index contributed by atoms with van der Waals surface area (Å²) in [6.07, 6.45) is 1.59. The third-order valence-electron chi connectivity index (χ3n) is 8.55. The summed E-state index contributed by atoms with van der Waals surface area (Å²) in [5, 5.41) is 5.83. The Labute approximate surface area is 275 Å². The molecule has 3 aromatic carbocycles. The Morgan fingerprint density at radius 2 is 1.62 bits per heavy atom. The van der Waals surface area contributed by atoms with Crippen molar-refractivity contribution in [2.24, 2.45) is 5.41 Å². The van der Waals surface area contributed by atoms with Crippen molar-refractivity contribution in [2.75, 3.05) is 57.2 Å². The number of methoxy groups -OCH3 is 1. The first-order chi connectivity index (χ1) is 23.2. The van der Waals surface area contributed by atoms with Gasteiger partial charge in [-0.25, -0.2) is 13.2 Å². The van der Waals surface area contributed by atoms with Crippen molar-refractivity contribution in [3.63, 3.8) is 0 Å². The second-order valence-electron chi connectivity index (χ2n) is 11.7. The molecule has 4 aromatic rings. The topological polar surface area (TPSA) is 111 Å². The van der Waals surface area contributed by atoms with Crippen LogP contribution in [0.1, 0.15) is 19.3 Å². The van der Waals surface area contributed by atoms with Crippen LogP contribution in [0.3, 0.4) is 0 Å². The summed E-state index contributed by atoms with van der Waals surface area (Å²) < 4.78 is 65.8. The molecule has 0 bridgehead atoms. The first-order valence-electron chi connectivity index (χ1n) is 15.6. The molecule has 0 spiro atoms. The minimum absolute atomic E-state index is 0.115. The number of nitrogens with zero attached hydrogens (tertiary/aromatic N) is 2. The van der Waals surface area contributed by atoms with Gasteiger partial charge in [0.15, 0.2) is 23.1 Å². The molecule has 1 atom stereocenters. The Bertz CT molecular complexity index is 1780. The summed E-state index contributed by atoms with van der Waals surface area (Å²) in [5.74, 6) is -1.48. The average Bonchev–Trinajstić information content (AvgIpc) is 3.05. The highest BCUT2D eigenvalue weighted by molar-refractivity contribution is 6.15. The summed E-state index contributed by atoms with van der Waals surface area (Å²) in [6.45, 7) is 2.55. The molecule has 2 heterocycles. The first-order valence-corrected chi connectivity index (χ1v) is 15.6. The number of hydrogen-bond acceptors (Lipinski definition) is 8. The van der Waals surface area contributed by atoms with Crippen LogP contribution < -0.4 is 24.8 Å². The van der Waals surface area contributed by atoms with E-state index in [-0.39, 0.29) is 30.3 Å². The maximum absolute atomic E-state index is 15.3. The number of morpholine rings is 1. The van der Waals surface area contributed by atoms with Gasteiger partial charge >= 0.3 is 0 Å². The van der Waals surface area contributed by atoms with Crippen molar-refractivity contribution in [3.05, 3.63) is 78.5 Å². The summed E-state index contributed by atoms with van der Waals surface area (Å²) in [7, 11) is 1.46. The normalized spacial score (nSPS) is 16.4. The number of carbonyl (C=O) groups excluding carboxylic acids is 2. The number of halogens is 3. The Hall–Kier alpha value is -4.88. The minimum atomic E-state index is -1.33. The Balaban J connectivity index is 1.12. The first kappa shape index (κ1) is 33.0. The summed E-state index contributed by atoms with van der Waals surface area (Å²) >= 11 is 0. The predicted molar refractivity (Wildman–Crippen MR) is 172 cm³/mol. The van der Waals surface area contributed by atoms with E-state index in [2.05, 4.69) is 15.6 Å². The molecule has 10 nitrogen and oxygen atoms in total. The van der Waals surface area contributed by atoms with Crippen LogP contribution in [-0.4, -0.2) is 74.4 Å². The number of hydrogen-bond donors (Lipinski definition) is 2. The fourth-order valence-electron chi connectivity index (χ4n) is 5.69. The lowest BCUT2D eigenvalue weighted by Crippen LogP contribution is -2.50. The molecular weight excluding hydrogens is 629 g/mol. The molecule has 1 unspecified atom stereocenters. The van der Waals surface area contributed by atoms with Crippen molar-refractivity contribution >= 4 is 34.1 Å². The van der Waals surface area contributed by atoms with Gasteiger partial charge < -0.3 is 29.6 Å². The quantitative estimate of drug-likeness (QED) is 0.175. The second kappa shape index (κ2) is 14.5. The van der Waals surface area contributed by atoms with Crippen LogP contribution in [0, 0.1) is 17.0 Å². The number of nitrogens with one attached hydrogen (secondary N) is 2. The maximum atomic E-state index is 15.3. The molecule has 2 amide bonds. The molecular formula is C35H35F3N4O6. The van der Waals surface area contributed by atoms with Gasteiger partial charge in [0, 0.05) is 54.7 Å². The fourth-order valence-corrected chi connectivity index (χ4v) is 5.69. The molecule has 1 saturated carbocycles. The molecule has 48 heavy (non-hydrogen) atoms. The van der Waals surface area contributed by atoms with Crippen molar-refractivity contribution in [2.45, 2.75) is 25.4 Å². The lowest BCUT2D eigenvalue weighted by molar-refractivity contribution is -0.142. The van der Waals surface area contributed by atoms with E-state index in [0.29, 0.717) is 73.7 Å².